The van der Waals surface area contributed by atoms with E-state index < -0.39 is 10.9 Å². The fraction of sp³-hybridized carbons (Fsp3) is 0.520. The number of hydrogen-bond donors (Lipinski definition) is 2. The molecular weight excluding hydrogens is 490 g/mol. The molecule has 0 atom stereocenters. The van der Waals surface area contributed by atoms with Crippen LogP contribution in [-0.2, 0) is 4.79 Å². The molecule has 10 heteroatoms. The van der Waals surface area contributed by atoms with E-state index in [4.69, 9.17) is 0 Å². The quantitative estimate of drug-likeness (QED) is 0.433. The van der Waals surface area contributed by atoms with Gasteiger partial charge in [-0.25, -0.2) is 4.79 Å². The van der Waals surface area contributed by atoms with E-state index in [1.54, 1.807) is 18.2 Å². The Morgan fingerprint density at radius 2 is 1.69 bits per heavy atom. The number of nitro benzene ring substituents is 1. The zero-order valence-corrected chi connectivity index (χ0v) is 21.6. The molecule has 4 rings (SSSR count). The lowest BCUT2D eigenvalue weighted by Crippen LogP contribution is -3.10. The van der Waals surface area contributed by atoms with Crippen LogP contribution >= 0.6 is 11.3 Å². The summed E-state index contributed by atoms with van der Waals surface area (Å²) in [6.45, 7) is 4.10. The average Bonchev–Trinajstić information content (AvgIpc) is 3.26. The van der Waals surface area contributed by atoms with E-state index >= 15 is 0 Å². The summed E-state index contributed by atoms with van der Waals surface area (Å²) in [5.41, 5.74) is 1.16. The summed E-state index contributed by atoms with van der Waals surface area (Å²) in [6, 6.07) is 7.87. The number of nitrogens with one attached hydrogen (secondary N) is 1. The number of aromatic carboxylic acids is 1. The SMILES string of the molecule is CC1CCC(C(=O)N(c2cc(-c3ccc([N+](=O)[O-])cc3)sc2C(=O)O)C2CC[NH+](C)CC2)CC1.[Cl-]. The minimum atomic E-state index is -1.05. The minimum Gasteiger partial charge on any atom is -1.00 e. The van der Waals surface area contributed by atoms with Gasteiger partial charge in [0.25, 0.3) is 5.69 Å². The highest BCUT2D eigenvalue weighted by Crippen LogP contribution is 2.41. The molecule has 2 fully saturated rings. The number of hydrogen-bond acceptors (Lipinski definition) is 5. The van der Waals surface area contributed by atoms with Gasteiger partial charge >= 0.3 is 5.97 Å². The summed E-state index contributed by atoms with van der Waals surface area (Å²) in [4.78, 5) is 40.8. The lowest BCUT2D eigenvalue weighted by molar-refractivity contribution is -0.884. The Hall–Kier alpha value is -2.49. The molecule has 8 nitrogen and oxygen atoms in total. The van der Waals surface area contributed by atoms with Gasteiger partial charge in [0.05, 0.1) is 30.7 Å². The van der Waals surface area contributed by atoms with Crippen LogP contribution < -0.4 is 22.2 Å². The molecule has 1 aromatic carbocycles. The topological polar surface area (TPSA) is 105 Å². The fourth-order valence-electron chi connectivity index (χ4n) is 5.16. The molecule has 0 spiro atoms. The van der Waals surface area contributed by atoms with Gasteiger partial charge < -0.3 is 27.3 Å². The molecule has 2 N–H and O–H groups in total. The molecule has 1 aromatic heterocycles. The Labute approximate surface area is 215 Å². The van der Waals surface area contributed by atoms with Gasteiger partial charge in [-0.2, -0.15) is 0 Å². The van der Waals surface area contributed by atoms with Gasteiger partial charge in [-0.3, -0.25) is 14.9 Å². The molecule has 1 saturated heterocycles. The third kappa shape index (κ3) is 6.02. The fourth-order valence-corrected chi connectivity index (χ4v) is 6.15. The number of carboxylic acids is 1. The summed E-state index contributed by atoms with van der Waals surface area (Å²) in [6.07, 6.45) is 5.40. The van der Waals surface area contributed by atoms with Gasteiger partial charge in [0.2, 0.25) is 5.91 Å². The zero-order chi connectivity index (χ0) is 24.4. The Kier molecular flexibility index (Phi) is 8.90. The Bertz CT molecular complexity index is 1060. The molecule has 35 heavy (non-hydrogen) atoms. The van der Waals surface area contributed by atoms with Crippen molar-refractivity contribution in [2.24, 2.45) is 11.8 Å². The van der Waals surface area contributed by atoms with E-state index in [1.807, 2.05) is 4.90 Å². The standard InChI is InChI=1S/C25H31N3O5S.ClH/c1-16-3-5-18(6-4-16)24(29)27(19-11-13-26(2)14-12-19)21-15-22(34-23(21)25(30)31)17-7-9-20(10-8-17)28(32)33;/h7-10,15-16,18-19H,3-6,11-14H2,1-2H3,(H,30,31);1H. The number of rotatable bonds is 6. The van der Waals surface area contributed by atoms with Gasteiger partial charge in [0.15, 0.2) is 0 Å². The number of nitro groups is 1. The van der Waals surface area contributed by atoms with Crippen molar-refractivity contribution in [3.8, 4) is 10.4 Å². The van der Waals surface area contributed by atoms with Crippen LogP contribution in [0.15, 0.2) is 30.3 Å². The smallest absolute Gasteiger partial charge is 0.348 e. The lowest BCUT2D eigenvalue weighted by Gasteiger charge is -2.38. The molecule has 2 heterocycles. The number of benzene rings is 1. The van der Waals surface area contributed by atoms with Gasteiger partial charge in [-0.05, 0) is 55.4 Å². The van der Waals surface area contributed by atoms with Crippen LogP contribution in [0.5, 0.6) is 0 Å². The number of carbonyl (C=O) groups is 2. The van der Waals surface area contributed by atoms with Crippen molar-refractivity contribution >= 4 is 34.6 Å². The molecule has 1 aliphatic heterocycles. The van der Waals surface area contributed by atoms with Crippen LogP contribution in [0.25, 0.3) is 10.4 Å². The highest BCUT2D eigenvalue weighted by molar-refractivity contribution is 7.18. The Balaban J connectivity index is 0.00000342. The summed E-state index contributed by atoms with van der Waals surface area (Å²) in [5.74, 6) is -0.463. The number of piperidine rings is 1. The number of thiophene rings is 1. The van der Waals surface area contributed by atoms with Crippen molar-refractivity contribution in [2.75, 3.05) is 25.0 Å². The van der Waals surface area contributed by atoms with E-state index in [-0.39, 0.29) is 40.8 Å². The summed E-state index contributed by atoms with van der Waals surface area (Å²) < 4.78 is 0. The zero-order valence-electron chi connectivity index (χ0n) is 20.0. The molecule has 2 aromatic rings. The number of anilines is 1. The Morgan fingerprint density at radius 1 is 1.09 bits per heavy atom. The van der Waals surface area contributed by atoms with Crippen molar-refractivity contribution in [3.63, 3.8) is 0 Å². The number of non-ortho nitro benzene ring substituents is 1. The van der Waals surface area contributed by atoms with E-state index in [9.17, 15) is 24.8 Å². The average molecular weight is 522 g/mol. The van der Waals surface area contributed by atoms with Gasteiger partial charge in [0.1, 0.15) is 4.88 Å². The molecule has 1 saturated carbocycles. The van der Waals surface area contributed by atoms with Gasteiger partial charge in [-0.15, -0.1) is 11.3 Å². The van der Waals surface area contributed by atoms with E-state index in [0.29, 0.717) is 22.0 Å². The molecule has 190 valence electrons. The molecule has 1 aliphatic carbocycles. The maximum Gasteiger partial charge on any atom is 0.348 e. The van der Waals surface area contributed by atoms with Crippen LogP contribution in [0.3, 0.4) is 0 Å². The van der Waals surface area contributed by atoms with Crippen molar-refractivity contribution in [1.29, 1.82) is 0 Å². The van der Waals surface area contributed by atoms with Crippen LogP contribution in [0.4, 0.5) is 11.4 Å². The summed E-state index contributed by atoms with van der Waals surface area (Å²) in [7, 11) is 2.14. The second-order valence-electron chi connectivity index (χ2n) is 9.79. The molecule has 0 bridgehead atoms. The molecule has 1 amide bonds. The number of amides is 1. The van der Waals surface area contributed by atoms with Crippen LogP contribution in [0.2, 0.25) is 0 Å². The van der Waals surface area contributed by atoms with Crippen LogP contribution in [0, 0.1) is 22.0 Å². The highest BCUT2D eigenvalue weighted by atomic mass is 35.5. The number of carbonyl (C=O) groups excluding carboxylic acids is 1. The first-order valence-electron chi connectivity index (χ1n) is 12.0. The second-order valence-corrected chi connectivity index (χ2v) is 10.8. The Morgan fingerprint density at radius 3 is 2.23 bits per heavy atom. The largest absolute Gasteiger partial charge is 1.00 e. The maximum absolute atomic E-state index is 13.9. The number of halogens is 1. The number of carboxylic acid groups (broad SMARTS) is 1. The molecular formula is C25H32ClN3O5S. The predicted octanol–water partition coefficient (Wildman–Crippen LogP) is 0.862. The second kappa shape index (κ2) is 11.5. The number of nitrogens with zero attached hydrogens (tertiary/aromatic N) is 2. The van der Waals surface area contributed by atoms with E-state index in [0.717, 1.165) is 63.0 Å². The first kappa shape index (κ1) is 27.1. The molecule has 2 aliphatic rings. The first-order valence-corrected chi connectivity index (χ1v) is 12.8. The monoisotopic (exact) mass is 521 g/mol. The van der Waals surface area contributed by atoms with E-state index in [2.05, 4.69) is 14.0 Å². The third-order valence-corrected chi connectivity index (χ3v) is 8.47. The predicted molar refractivity (Wildman–Crippen MR) is 132 cm³/mol. The normalized spacial score (nSPS) is 24.3. The van der Waals surface area contributed by atoms with Gasteiger partial charge in [0, 0.05) is 41.8 Å². The first-order chi connectivity index (χ1) is 16.2. The lowest BCUT2D eigenvalue weighted by atomic mass is 9.82. The van der Waals surface area contributed by atoms with E-state index in [1.165, 1.54) is 17.0 Å². The van der Waals surface area contributed by atoms with Crippen molar-refractivity contribution < 1.29 is 36.9 Å². The van der Waals surface area contributed by atoms with Crippen molar-refractivity contribution in [1.82, 2.24) is 0 Å². The van der Waals surface area contributed by atoms with Gasteiger partial charge in [-0.1, -0.05) is 6.92 Å². The number of likely N-dealkylation sites (tertiary alicyclic amines) is 1. The maximum atomic E-state index is 13.9. The van der Waals surface area contributed by atoms with Crippen molar-refractivity contribution in [3.05, 3.63) is 45.3 Å². The summed E-state index contributed by atoms with van der Waals surface area (Å²) >= 11 is 1.12. The highest BCUT2D eigenvalue weighted by Gasteiger charge is 2.37. The molecule has 0 unspecified atom stereocenters. The van der Waals surface area contributed by atoms with Crippen LogP contribution in [0.1, 0.15) is 55.1 Å². The minimum absolute atomic E-state index is 0. The van der Waals surface area contributed by atoms with Crippen LogP contribution in [-0.4, -0.2) is 48.1 Å². The number of quaternary nitrogens is 1. The van der Waals surface area contributed by atoms with Crippen molar-refractivity contribution in [2.45, 2.75) is 51.5 Å². The molecule has 0 radical (unpaired) electrons. The third-order valence-electron chi connectivity index (χ3n) is 7.31. The summed E-state index contributed by atoms with van der Waals surface area (Å²) in [5, 5.41) is 21.1.